The molecular formula is C28H37N5O2. The zero-order valence-electron chi connectivity index (χ0n) is 20.6. The van der Waals surface area contributed by atoms with Crippen LogP contribution < -0.4 is 10.2 Å². The van der Waals surface area contributed by atoms with Crippen molar-refractivity contribution in [2.45, 2.75) is 63.7 Å². The van der Waals surface area contributed by atoms with E-state index < -0.39 is 0 Å². The number of likely N-dealkylation sites (tertiary alicyclic amines) is 1. The molecule has 1 N–H and O–H groups in total. The van der Waals surface area contributed by atoms with Crippen molar-refractivity contribution in [2.75, 3.05) is 36.4 Å². The topological polar surface area (TPSA) is 78.4 Å². The molecule has 35 heavy (non-hydrogen) atoms. The van der Waals surface area contributed by atoms with Crippen LogP contribution in [0.15, 0.2) is 42.6 Å². The molecule has 3 heterocycles. The molecule has 5 rings (SSSR count). The molecule has 1 saturated carbocycles. The lowest BCUT2D eigenvalue weighted by Crippen LogP contribution is -2.38. The molecule has 3 aliphatic rings. The van der Waals surface area contributed by atoms with Gasteiger partial charge in [-0.25, -0.2) is 0 Å². The van der Waals surface area contributed by atoms with Gasteiger partial charge in [0.2, 0.25) is 11.8 Å². The van der Waals surface area contributed by atoms with Crippen molar-refractivity contribution in [3.05, 3.63) is 48.2 Å². The van der Waals surface area contributed by atoms with E-state index in [9.17, 15) is 9.59 Å². The molecule has 7 heteroatoms. The van der Waals surface area contributed by atoms with E-state index in [1.54, 1.807) is 6.20 Å². The number of carbonyl (C=O) groups is 2. The molecule has 7 nitrogen and oxygen atoms in total. The van der Waals surface area contributed by atoms with Gasteiger partial charge in [-0.2, -0.15) is 5.10 Å². The van der Waals surface area contributed by atoms with Gasteiger partial charge < -0.3 is 15.1 Å². The molecule has 186 valence electrons. The largest absolute Gasteiger partial charge is 0.354 e. The quantitative estimate of drug-likeness (QED) is 0.660. The summed E-state index contributed by atoms with van der Waals surface area (Å²) in [5.74, 6) is 2.29. The van der Waals surface area contributed by atoms with Gasteiger partial charge in [-0.05, 0) is 73.8 Å². The second-order valence-corrected chi connectivity index (χ2v) is 10.5. The molecule has 1 aromatic carbocycles. The van der Waals surface area contributed by atoms with Crippen molar-refractivity contribution >= 4 is 23.3 Å². The number of benzene rings is 1. The predicted octanol–water partition coefficient (Wildman–Crippen LogP) is 4.62. The summed E-state index contributed by atoms with van der Waals surface area (Å²) in [6.07, 6.45) is 11.6. The van der Waals surface area contributed by atoms with Gasteiger partial charge in [0.25, 0.3) is 0 Å². The molecule has 0 unspecified atom stereocenters. The molecule has 2 aromatic rings. The second-order valence-electron chi connectivity index (χ2n) is 10.5. The Hall–Kier alpha value is -2.96. The number of aromatic nitrogens is 2. The van der Waals surface area contributed by atoms with E-state index in [2.05, 4.69) is 37.4 Å². The van der Waals surface area contributed by atoms with Crippen molar-refractivity contribution < 1.29 is 9.59 Å². The van der Waals surface area contributed by atoms with Gasteiger partial charge in [0.15, 0.2) is 5.82 Å². The van der Waals surface area contributed by atoms with Crippen LogP contribution in [0.1, 0.15) is 69.3 Å². The van der Waals surface area contributed by atoms with Crippen LogP contribution in [-0.2, 0) is 9.59 Å². The zero-order valence-corrected chi connectivity index (χ0v) is 20.6. The molecule has 0 spiro atoms. The summed E-state index contributed by atoms with van der Waals surface area (Å²) in [6, 6.07) is 12.1. The standard InChI is InChI=1S/C28H37N5O2/c34-27(19-21-5-2-1-3-6-21)32-16-12-23(13-17-32)22-8-10-25(11-9-22)30-28(35)24-14-18-33(20-24)26-7-4-15-29-31-26/h4,7-11,15,21,23-24H,1-3,5-6,12-14,16-20H2,(H,30,35)/t24-/m0/s1. The third-order valence-electron chi connectivity index (χ3n) is 8.13. The van der Waals surface area contributed by atoms with Gasteiger partial charge in [0, 0.05) is 44.5 Å². The molecule has 2 saturated heterocycles. The van der Waals surface area contributed by atoms with Gasteiger partial charge in [0.1, 0.15) is 0 Å². The van der Waals surface area contributed by atoms with Crippen molar-refractivity contribution in [2.24, 2.45) is 11.8 Å². The lowest BCUT2D eigenvalue weighted by atomic mass is 9.85. The van der Waals surface area contributed by atoms with E-state index in [1.807, 2.05) is 24.3 Å². The first-order chi connectivity index (χ1) is 17.2. The van der Waals surface area contributed by atoms with Crippen LogP contribution in [0, 0.1) is 11.8 Å². The smallest absolute Gasteiger partial charge is 0.229 e. The number of nitrogens with zero attached hydrogens (tertiary/aromatic N) is 4. The maximum atomic E-state index is 12.8. The zero-order chi connectivity index (χ0) is 24.0. The molecule has 0 bridgehead atoms. The third kappa shape index (κ3) is 6.00. The summed E-state index contributed by atoms with van der Waals surface area (Å²) in [6.45, 7) is 3.20. The van der Waals surface area contributed by atoms with Crippen LogP contribution >= 0.6 is 0 Å². The summed E-state index contributed by atoms with van der Waals surface area (Å²) < 4.78 is 0. The Balaban J connectivity index is 1.08. The number of carbonyl (C=O) groups excluding carboxylic acids is 2. The monoisotopic (exact) mass is 475 g/mol. The first-order valence-electron chi connectivity index (χ1n) is 13.4. The first kappa shape index (κ1) is 23.8. The molecule has 2 amide bonds. The SMILES string of the molecule is O=C(Nc1ccc(C2CCN(C(=O)CC3CCCCC3)CC2)cc1)[C@H]1CCN(c2cccnn2)C1. The number of hydrogen-bond donors (Lipinski definition) is 1. The fourth-order valence-corrected chi connectivity index (χ4v) is 5.96. The number of rotatable bonds is 6. The summed E-state index contributed by atoms with van der Waals surface area (Å²) in [4.78, 5) is 29.8. The highest BCUT2D eigenvalue weighted by Gasteiger charge is 2.30. The van der Waals surface area contributed by atoms with Gasteiger partial charge in [-0.15, -0.1) is 5.10 Å². The number of nitrogens with one attached hydrogen (secondary N) is 1. The van der Waals surface area contributed by atoms with Crippen molar-refractivity contribution in [3.8, 4) is 0 Å². The van der Waals surface area contributed by atoms with Crippen LogP contribution in [0.4, 0.5) is 11.5 Å². The van der Waals surface area contributed by atoms with Gasteiger partial charge in [0.05, 0.1) is 5.92 Å². The van der Waals surface area contributed by atoms with Crippen LogP contribution in [0.25, 0.3) is 0 Å². The highest BCUT2D eigenvalue weighted by atomic mass is 16.2. The minimum atomic E-state index is -0.0489. The summed E-state index contributed by atoms with van der Waals surface area (Å²) in [5, 5.41) is 11.2. The predicted molar refractivity (Wildman–Crippen MR) is 137 cm³/mol. The van der Waals surface area contributed by atoms with E-state index in [4.69, 9.17) is 0 Å². The van der Waals surface area contributed by atoms with Gasteiger partial charge >= 0.3 is 0 Å². The Morgan fingerprint density at radius 2 is 1.69 bits per heavy atom. The third-order valence-corrected chi connectivity index (χ3v) is 8.13. The van der Waals surface area contributed by atoms with Crippen LogP contribution in [0.3, 0.4) is 0 Å². The fourth-order valence-electron chi connectivity index (χ4n) is 5.96. The Morgan fingerprint density at radius 1 is 0.914 bits per heavy atom. The maximum absolute atomic E-state index is 12.8. The molecule has 1 atom stereocenters. The average Bonchev–Trinajstić information content (AvgIpc) is 3.41. The van der Waals surface area contributed by atoms with Crippen LogP contribution in [-0.4, -0.2) is 53.1 Å². The molecular weight excluding hydrogens is 438 g/mol. The van der Waals surface area contributed by atoms with E-state index >= 15 is 0 Å². The van der Waals surface area contributed by atoms with E-state index in [-0.39, 0.29) is 11.8 Å². The maximum Gasteiger partial charge on any atom is 0.229 e. The normalized spacial score (nSPS) is 21.8. The second kappa shape index (κ2) is 11.2. The summed E-state index contributed by atoms with van der Waals surface area (Å²) in [7, 11) is 0. The fraction of sp³-hybridized carbons (Fsp3) is 0.571. The minimum Gasteiger partial charge on any atom is -0.354 e. The van der Waals surface area contributed by atoms with Crippen molar-refractivity contribution in [1.29, 1.82) is 0 Å². The minimum absolute atomic E-state index is 0.0489. The number of hydrogen-bond acceptors (Lipinski definition) is 5. The van der Waals surface area contributed by atoms with Gasteiger partial charge in [-0.3, -0.25) is 9.59 Å². The summed E-state index contributed by atoms with van der Waals surface area (Å²) >= 11 is 0. The Labute approximate surface area is 208 Å². The Bertz CT molecular complexity index is 982. The molecule has 2 aliphatic heterocycles. The lowest BCUT2D eigenvalue weighted by molar-refractivity contribution is -0.133. The molecule has 1 aliphatic carbocycles. The average molecular weight is 476 g/mol. The van der Waals surface area contributed by atoms with Gasteiger partial charge in [-0.1, -0.05) is 31.4 Å². The van der Waals surface area contributed by atoms with E-state index in [1.165, 1.54) is 37.7 Å². The Morgan fingerprint density at radius 3 is 2.40 bits per heavy atom. The Kier molecular flexibility index (Phi) is 7.60. The molecule has 0 radical (unpaired) electrons. The molecule has 3 fully saturated rings. The van der Waals surface area contributed by atoms with Crippen molar-refractivity contribution in [3.63, 3.8) is 0 Å². The van der Waals surface area contributed by atoms with Crippen molar-refractivity contribution in [1.82, 2.24) is 15.1 Å². The van der Waals surface area contributed by atoms with E-state index in [0.29, 0.717) is 24.3 Å². The van der Waals surface area contributed by atoms with Crippen LogP contribution in [0.2, 0.25) is 0 Å². The first-order valence-corrected chi connectivity index (χ1v) is 13.4. The highest BCUT2D eigenvalue weighted by Crippen LogP contribution is 2.31. The van der Waals surface area contributed by atoms with E-state index in [0.717, 1.165) is 56.8 Å². The number of amides is 2. The number of piperidine rings is 1. The molecule has 1 aromatic heterocycles. The summed E-state index contributed by atoms with van der Waals surface area (Å²) in [5.41, 5.74) is 2.15. The number of anilines is 2. The van der Waals surface area contributed by atoms with Crippen LogP contribution in [0.5, 0.6) is 0 Å². The highest BCUT2D eigenvalue weighted by molar-refractivity contribution is 5.93. The lowest BCUT2D eigenvalue weighted by Gasteiger charge is -2.33.